The van der Waals surface area contributed by atoms with Gasteiger partial charge < -0.3 is 9.88 Å². The number of benzene rings is 1. The van der Waals surface area contributed by atoms with E-state index in [-0.39, 0.29) is 0 Å². The summed E-state index contributed by atoms with van der Waals surface area (Å²) in [6, 6.07) is 4.63. The van der Waals surface area contributed by atoms with E-state index in [4.69, 9.17) is 0 Å². The summed E-state index contributed by atoms with van der Waals surface area (Å²) in [6.07, 6.45) is 2.23. The van der Waals surface area contributed by atoms with E-state index in [1.807, 2.05) is 6.20 Å². The van der Waals surface area contributed by atoms with Crippen LogP contribution in [0, 0.1) is 0 Å². The monoisotopic (exact) mass is 308 g/mol. The summed E-state index contributed by atoms with van der Waals surface area (Å²) in [4.78, 5) is 5.68. The van der Waals surface area contributed by atoms with Crippen LogP contribution in [-0.4, -0.2) is 29.0 Å². The highest BCUT2D eigenvalue weighted by molar-refractivity contribution is 5.84. The molecular formula is C17H19F3N2. The quantitative estimate of drug-likeness (QED) is 0.820. The van der Waals surface area contributed by atoms with Crippen molar-refractivity contribution in [3.05, 3.63) is 35.5 Å². The number of nitrogens with zero attached hydrogens (tertiary/aromatic N) is 1. The molecule has 1 N–H and O–H groups in total. The van der Waals surface area contributed by atoms with Gasteiger partial charge in [0.2, 0.25) is 0 Å². The Morgan fingerprint density at radius 2 is 2.00 bits per heavy atom. The molecule has 22 heavy (non-hydrogen) atoms. The van der Waals surface area contributed by atoms with Crippen molar-refractivity contribution >= 4 is 10.9 Å². The van der Waals surface area contributed by atoms with Crippen LogP contribution in [0.3, 0.4) is 0 Å². The molecule has 2 nitrogen and oxygen atoms in total. The Kier molecular flexibility index (Phi) is 3.22. The highest BCUT2D eigenvalue weighted by Crippen LogP contribution is 2.40. The van der Waals surface area contributed by atoms with Crippen LogP contribution in [0.5, 0.6) is 0 Å². The zero-order valence-corrected chi connectivity index (χ0v) is 12.3. The third-order valence-corrected chi connectivity index (χ3v) is 5.30. The van der Waals surface area contributed by atoms with Gasteiger partial charge in [0.15, 0.2) is 0 Å². The van der Waals surface area contributed by atoms with Crippen LogP contribution in [0.15, 0.2) is 24.4 Å². The number of rotatable bonds is 1. The van der Waals surface area contributed by atoms with E-state index in [0.717, 1.165) is 41.9 Å². The van der Waals surface area contributed by atoms with Crippen LogP contribution in [0.25, 0.3) is 10.9 Å². The Morgan fingerprint density at radius 1 is 1.14 bits per heavy atom. The SMILES string of the molecule is FC(F)(F)c1ccc2[nH]cc(C3CCN4CCCC4C3)c2c1. The minimum Gasteiger partial charge on any atom is -0.361 e. The van der Waals surface area contributed by atoms with Gasteiger partial charge in [-0.1, -0.05) is 0 Å². The fraction of sp³-hybridized carbons (Fsp3) is 0.529. The fourth-order valence-electron chi connectivity index (χ4n) is 4.16. The van der Waals surface area contributed by atoms with Crippen LogP contribution < -0.4 is 0 Å². The van der Waals surface area contributed by atoms with E-state index in [2.05, 4.69) is 9.88 Å². The summed E-state index contributed by atoms with van der Waals surface area (Å²) in [6.45, 7) is 2.25. The fourth-order valence-corrected chi connectivity index (χ4v) is 4.16. The Balaban J connectivity index is 1.69. The van der Waals surface area contributed by atoms with Gasteiger partial charge in [-0.3, -0.25) is 0 Å². The number of aromatic nitrogens is 1. The maximum atomic E-state index is 13.0. The topological polar surface area (TPSA) is 19.0 Å². The minimum atomic E-state index is -4.28. The van der Waals surface area contributed by atoms with Gasteiger partial charge in [-0.15, -0.1) is 0 Å². The molecule has 1 aromatic carbocycles. The largest absolute Gasteiger partial charge is 0.416 e. The van der Waals surface area contributed by atoms with Crippen LogP contribution >= 0.6 is 0 Å². The first-order chi connectivity index (χ1) is 10.5. The van der Waals surface area contributed by atoms with Gasteiger partial charge in [-0.05, 0) is 68.5 Å². The molecular weight excluding hydrogens is 289 g/mol. The molecule has 2 unspecified atom stereocenters. The molecule has 0 amide bonds. The molecule has 0 saturated carbocycles. The smallest absolute Gasteiger partial charge is 0.361 e. The molecule has 1 aromatic heterocycles. The van der Waals surface area contributed by atoms with Crippen molar-refractivity contribution in [3.63, 3.8) is 0 Å². The summed E-state index contributed by atoms with van der Waals surface area (Å²) < 4.78 is 38.9. The van der Waals surface area contributed by atoms with Gasteiger partial charge >= 0.3 is 6.18 Å². The van der Waals surface area contributed by atoms with Gasteiger partial charge in [-0.2, -0.15) is 13.2 Å². The van der Waals surface area contributed by atoms with Crippen molar-refractivity contribution in [1.29, 1.82) is 0 Å². The predicted octanol–water partition coefficient (Wildman–Crippen LogP) is 4.53. The number of nitrogens with one attached hydrogen (secondary N) is 1. The lowest BCUT2D eigenvalue weighted by Gasteiger charge is -2.34. The maximum Gasteiger partial charge on any atom is 0.416 e. The summed E-state index contributed by atoms with van der Waals surface area (Å²) >= 11 is 0. The number of fused-ring (bicyclic) bond motifs is 2. The van der Waals surface area contributed by atoms with Gasteiger partial charge in [0.05, 0.1) is 5.56 Å². The second kappa shape index (κ2) is 5.01. The van der Waals surface area contributed by atoms with Crippen molar-refractivity contribution in [1.82, 2.24) is 9.88 Å². The molecule has 0 radical (unpaired) electrons. The molecule has 2 fully saturated rings. The van der Waals surface area contributed by atoms with Gasteiger partial charge in [0.25, 0.3) is 0 Å². The predicted molar refractivity (Wildman–Crippen MR) is 79.9 cm³/mol. The summed E-state index contributed by atoms with van der Waals surface area (Å²) in [5.41, 5.74) is 1.31. The number of aromatic amines is 1. The van der Waals surface area contributed by atoms with Crippen LogP contribution in [0.2, 0.25) is 0 Å². The second-order valence-corrected chi connectivity index (χ2v) is 6.56. The summed E-state index contributed by atoms with van der Waals surface area (Å²) in [5, 5.41) is 0.742. The summed E-state index contributed by atoms with van der Waals surface area (Å²) in [7, 11) is 0. The lowest BCUT2D eigenvalue weighted by atomic mass is 9.85. The molecule has 2 aliphatic heterocycles. The molecule has 5 heteroatoms. The van der Waals surface area contributed by atoms with Gasteiger partial charge in [0.1, 0.15) is 0 Å². The third-order valence-electron chi connectivity index (χ3n) is 5.30. The average molecular weight is 308 g/mol. The van der Waals surface area contributed by atoms with E-state index in [1.165, 1.54) is 25.5 Å². The minimum absolute atomic E-state index is 0.372. The average Bonchev–Trinajstić information content (AvgIpc) is 3.11. The standard InChI is InChI=1S/C17H19F3N2/c18-17(19,20)12-3-4-16-14(9-12)15(10-21-16)11-5-7-22-6-1-2-13(22)8-11/h3-4,9-11,13,21H,1-2,5-8H2. The number of piperidine rings is 1. The number of hydrogen-bond acceptors (Lipinski definition) is 1. The molecule has 2 aromatic rings. The maximum absolute atomic E-state index is 13.0. The van der Waals surface area contributed by atoms with E-state index >= 15 is 0 Å². The third kappa shape index (κ3) is 2.32. The lowest BCUT2D eigenvalue weighted by Crippen LogP contribution is -2.37. The van der Waals surface area contributed by atoms with Crippen molar-refractivity contribution < 1.29 is 13.2 Å². The Bertz CT molecular complexity index is 689. The Morgan fingerprint density at radius 3 is 2.82 bits per heavy atom. The zero-order valence-electron chi connectivity index (χ0n) is 12.3. The first-order valence-corrected chi connectivity index (χ1v) is 7.94. The van der Waals surface area contributed by atoms with Crippen molar-refractivity contribution in [2.45, 2.75) is 43.8 Å². The Hall–Kier alpha value is -1.49. The number of H-pyrrole nitrogens is 1. The van der Waals surface area contributed by atoms with Gasteiger partial charge in [-0.25, -0.2) is 0 Å². The lowest BCUT2D eigenvalue weighted by molar-refractivity contribution is -0.137. The first-order valence-electron chi connectivity index (χ1n) is 7.94. The molecule has 4 rings (SSSR count). The molecule has 2 atom stereocenters. The van der Waals surface area contributed by atoms with E-state index < -0.39 is 11.7 Å². The van der Waals surface area contributed by atoms with Gasteiger partial charge in [0, 0.05) is 23.1 Å². The highest BCUT2D eigenvalue weighted by Gasteiger charge is 2.34. The molecule has 3 heterocycles. The molecule has 2 aliphatic rings. The molecule has 0 aliphatic carbocycles. The van der Waals surface area contributed by atoms with Crippen molar-refractivity contribution in [3.8, 4) is 0 Å². The van der Waals surface area contributed by atoms with Crippen LogP contribution in [0.1, 0.15) is 42.7 Å². The van der Waals surface area contributed by atoms with E-state index in [1.54, 1.807) is 6.07 Å². The normalized spacial score (nSPS) is 26.5. The van der Waals surface area contributed by atoms with Crippen molar-refractivity contribution in [2.75, 3.05) is 13.1 Å². The molecule has 0 spiro atoms. The number of alkyl halides is 3. The highest BCUT2D eigenvalue weighted by atomic mass is 19.4. The first kappa shape index (κ1) is 14.1. The van der Waals surface area contributed by atoms with E-state index in [9.17, 15) is 13.2 Å². The number of halogens is 3. The Labute approximate surface area is 127 Å². The van der Waals surface area contributed by atoms with E-state index in [0.29, 0.717) is 12.0 Å². The molecule has 2 saturated heterocycles. The van der Waals surface area contributed by atoms with Crippen molar-refractivity contribution in [2.24, 2.45) is 0 Å². The number of hydrogen-bond donors (Lipinski definition) is 1. The van der Waals surface area contributed by atoms with Crippen LogP contribution in [0.4, 0.5) is 13.2 Å². The van der Waals surface area contributed by atoms with Crippen LogP contribution in [-0.2, 0) is 6.18 Å². The molecule has 0 bridgehead atoms. The summed E-state index contributed by atoms with van der Waals surface area (Å²) in [5.74, 6) is 0.372. The second-order valence-electron chi connectivity index (χ2n) is 6.56. The zero-order chi connectivity index (χ0) is 15.3. The molecule has 118 valence electrons.